The fourth-order valence-electron chi connectivity index (χ4n) is 1.79. The van der Waals surface area contributed by atoms with Crippen LogP contribution in [-0.2, 0) is 4.79 Å². The Labute approximate surface area is 122 Å². The summed E-state index contributed by atoms with van der Waals surface area (Å²) >= 11 is 9.32. The molecule has 0 radical (unpaired) electrons. The second-order valence-electron chi connectivity index (χ2n) is 4.37. The molecule has 0 spiro atoms. The Balaban J connectivity index is 2.64. The van der Waals surface area contributed by atoms with Crippen LogP contribution in [0.3, 0.4) is 0 Å². The summed E-state index contributed by atoms with van der Waals surface area (Å²) in [5.74, 6) is 0.178. The van der Waals surface area contributed by atoms with Gasteiger partial charge in [-0.25, -0.2) is 0 Å². The zero-order valence-corrected chi connectivity index (χ0v) is 13.1. The fourth-order valence-corrected chi connectivity index (χ4v) is 2.22. The number of hydrogen-bond donors (Lipinski definition) is 1. The Morgan fingerprint density at radius 1 is 1.44 bits per heavy atom. The van der Waals surface area contributed by atoms with E-state index in [0.717, 1.165) is 35.8 Å². The molecular weight excluding hydrogens is 314 g/mol. The molecule has 0 aliphatic rings. The Bertz CT molecular complexity index is 409. The average molecular weight is 333 g/mol. The zero-order valence-electron chi connectivity index (χ0n) is 10.8. The first-order valence-corrected chi connectivity index (χ1v) is 7.51. The van der Waals surface area contributed by atoms with Gasteiger partial charge >= 0.3 is 0 Å². The molecule has 18 heavy (non-hydrogen) atoms. The minimum Gasteiger partial charge on any atom is -0.326 e. The maximum absolute atomic E-state index is 12.1. The Morgan fingerprint density at radius 3 is 2.72 bits per heavy atom. The molecule has 0 saturated carbocycles. The van der Waals surface area contributed by atoms with Gasteiger partial charge in [0, 0.05) is 16.1 Å². The van der Waals surface area contributed by atoms with Crippen LogP contribution in [0, 0.1) is 5.92 Å². The van der Waals surface area contributed by atoms with Crippen molar-refractivity contribution in [2.24, 2.45) is 5.92 Å². The van der Waals surface area contributed by atoms with Gasteiger partial charge in [0.25, 0.3) is 0 Å². The molecule has 0 saturated heterocycles. The summed E-state index contributed by atoms with van der Waals surface area (Å²) in [6, 6.07) is 5.45. The molecule has 1 rings (SSSR count). The molecular formula is C14H19BrClNO. The predicted molar refractivity (Wildman–Crippen MR) is 81.1 cm³/mol. The van der Waals surface area contributed by atoms with Crippen LogP contribution in [0.1, 0.15) is 39.5 Å². The van der Waals surface area contributed by atoms with Crippen LogP contribution in [0.2, 0.25) is 5.02 Å². The molecule has 0 aromatic heterocycles. The number of rotatable bonds is 6. The largest absolute Gasteiger partial charge is 0.326 e. The van der Waals surface area contributed by atoms with Crippen molar-refractivity contribution >= 4 is 39.1 Å². The average Bonchev–Trinajstić information content (AvgIpc) is 2.35. The highest BCUT2D eigenvalue weighted by molar-refractivity contribution is 9.10. The summed E-state index contributed by atoms with van der Waals surface area (Å²) in [6.45, 7) is 4.19. The van der Waals surface area contributed by atoms with Crippen LogP contribution in [0.25, 0.3) is 0 Å². The first-order valence-electron chi connectivity index (χ1n) is 6.34. The molecule has 2 nitrogen and oxygen atoms in total. The summed E-state index contributed by atoms with van der Waals surface area (Å²) in [7, 11) is 0. The monoisotopic (exact) mass is 331 g/mol. The Morgan fingerprint density at radius 2 is 2.17 bits per heavy atom. The van der Waals surface area contributed by atoms with Gasteiger partial charge < -0.3 is 5.32 Å². The lowest BCUT2D eigenvalue weighted by atomic mass is 9.98. The van der Waals surface area contributed by atoms with Crippen molar-refractivity contribution in [3.05, 3.63) is 27.7 Å². The minimum absolute atomic E-state index is 0.0874. The van der Waals surface area contributed by atoms with Gasteiger partial charge in [0.15, 0.2) is 0 Å². The van der Waals surface area contributed by atoms with Crippen molar-refractivity contribution < 1.29 is 4.79 Å². The molecule has 100 valence electrons. The Kier molecular flexibility index (Phi) is 6.72. The quantitative estimate of drug-likeness (QED) is 0.756. The molecule has 4 heteroatoms. The number of carbonyl (C=O) groups excluding carboxylic acids is 1. The highest BCUT2D eigenvalue weighted by Gasteiger charge is 2.16. The summed E-state index contributed by atoms with van der Waals surface area (Å²) in [6.07, 6.45) is 4.03. The summed E-state index contributed by atoms with van der Waals surface area (Å²) < 4.78 is 0.834. The number of nitrogens with one attached hydrogen (secondary N) is 1. The molecule has 1 amide bonds. The van der Waals surface area contributed by atoms with Gasteiger partial charge in [0.1, 0.15) is 0 Å². The third kappa shape index (κ3) is 4.62. The topological polar surface area (TPSA) is 29.1 Å². The number of anilines is 1. The van der Waals surface area contributed by atoms with Crippen LogP contribution >= 0.6 is 27.5 Å². The van der Waals surface area contributed by atoms with E-state index in [1.807, 2.05) is 12.1 Å². The minimum atomic E-state index is 0.0874. The van der Waals surface area contributed by atoms with E-state index in [4.69, 9.17) is 11.6 Å². The normalized spacial score (nSPS) is 12.2. The van der Waals surface area contributed by atoms with Crippen molar-refractivity contribution in [1.82, 2.24) is 0 Å². The Hall–Kier alpha value is -0.540. The third-order valence-electron chi connectivity index (χ3n) is 2.96. The number of halogens is 2. The lowest BCUT2D eigenvalue weighted by Crippen LogP contribution is -2.22. The van der Waals surface area contributed by atoms with Crippen molar-refractivity contribution in [3.8, 4) is 0 Å². The number of carbonyl (C=O) groups is 1. The molecule has 0 aliphatic heterocycles. The SMILES string of the molecule is CCCCC(CC)C(=O)Nc1ccc(Br)c(Cl)c1. The standard InChI is InChI=1S/C14H19BrClNO/c1-3-5-6-10(4-2)14(18)17-11-7-8-12(15)13(16)9-11/h7-10H,3-6H2,1-2H3,(H,17,18). The van der Waals surface area contributed by atoms with E-state index in [9.17, 15) is 4.79 Å². The van der Waals surface area contributed by atoms with E-state index >= 15 is 0 Å². The van der Waals surface area contributed by atoms with E-state index in [1.54, 1.807) is 6.07 Å². The van der Waals surface area contributed by atoms with Gasteiger partial charge in [0.05, 0.1) is 5.02 Å². The highest BCUT2D eigenvalue weighted by atomic mass is 79.9. The van der Waals surface area contributed by atoms with Gasteiger partial charge in [0.2, 0.25) is 5.91 Å². The lowest BCUT2D eigenvalue weighted by Gasteiger charge is -2.14. The molecule has 0 fully saturated rings. The maximum Gasteiger partial charge on any atom is 0.227 e. The van der Waals surface area contributed by atoms with Gasteiger partial charge in [-0.15, -0.1) is 0 Å². The van der Waals surface area contributed by atoms with Crippen molar-refractivity contribution in [3.63, 3.8) is 0 Å². The third-order valence-corrected chi connectivity index (χ3v) is 4.19. The molecule has 1 aromatic rings. The molecule has 0 aliphatic carbocycles. The second kappa shape index (κ2) is 7.80. The van der Waals surface area contributed by atoms with E-state index in [1.165, 1.54) is 0 Å². The lowest BCUT2D eigenvalue weighted by molar-refractivity contribution is -0.120. The van der Waals surface area contributed by atoms with E-state index in [2.05, 4.69) is 35.1 Å². The fraction of sp³-hybridized carbons (Fsp3) is 0.500. The van der Waals surface area contributed by atoms with Gasteiger partial charge in [-0.3, -0.25) is 4.79 Å². The summed E-state index contributed by atoms with van der Waals surface area (Å²) in [5, 5.41) is 3.53. The van der Waals surface area contributed by atoms with Crippen LogP contribution in [-0.4, -0.2) is 5.91 Å². The molecule has 0 heterocycles. The summed E-state index contributed by atoms with van der Waals surface area (Å²) in [5.41, 5.74) is 0.753. The van der Waals surface area contributed by atoms with E-state index < -0.39 is 0 Å². The molecule has 1 N–H and O–H groups in total. The van der Waals surface area contributed by atoms with Crippen LogP contribution in [0.4, 0.5) is 5.69 Å². The smallest absolute Gasteiger partial charge is 0.227 e. The highest BCUT2D eigenvalue weighted by Crippen LogP contribution is 2.26. The zero-order chi connectivity index (χ0) is 13.5. The summed E-state index contributed by atoms with van der Waals surface area (Å²) in [4.78, 5) is 12.1. The van der Waals surface area contributed by atoms with Crippen molar-refractivity contribution in [1.29, 1.82) is 0 Å². The molecule has 0 bridgehead atoms. The van der Waals surface area contributed by atoms with Crippen LogP contribution in [0.15, 0.2) is 22.7 Å². The molecule has 1 aromatic carbocycles. The van der Waals surface area contributed by atoms with E-state index in [0.29, 0.717) is 5.02 Å². The molecule has 1 unspecified atom stereocenters. The van der Waals surface area contributed by atoms with Gasteiger partial charge in [-0.1, -0.05) is 38.3 Å². The number of amides is 1. The molecule has 1 atom stereocenters. The predicted octanol–water partition coefficient (Wildman–Crippen LogP) is 5.26. The van der Waals surface area contributed by atoms with E-state index in [-0.39, 0.29) is 11.8 Å². The van der Waals surface area contributed by atoms with Crippen LogP contribution in [0.5, 0.6) is 0 Å². The van der Waals surface area contributed by atoms with Crippen LogP contribution < -0.4 is 5.32 Å². The first-order chi connectivity index (χ1) is 8.58. The number of benzene rings is 1. The van der Waals surface area contributed by atoms with Gasteiger partial charge in [-0.2, -0.15) is 0 Å². The maximum atomic E-state index is 12.1. The number of hydrogen-bond acceptors (Lipinski definition) is 1. The van der Waals surface area contributed by atoms with Gasteiger partial charge in [-0.05, 0) is 47.0 Å². The first kappa shape index (κ1) is 15.5. The second-order valence-corrected chi connectivity index (χ2v) is 5.63. The van der Waals surface area contributed by atoms with Crippen molar-refractivity contribution in [2.45, 2.75) is 39.5 Å². The van der Waals surface area contributed by atoms with Crippen molar-refractivity contribution in [2.75, 3.05) is 5.32 Å². The number of unbranched alkanes of at least 4 members (excludes halogenated alkanes) is 1.